The first-order valence-corrected chi connectivity index (χ1v) is 14.6. The molecule has 0 aromatic carbocycles. The fraction of sp³-hybridized carbons (Fsp3) is 0.933. The molecule has 4 nitrogen and oxygen atoms in total. The molecule has 34 heavy (non-hydrogen) atoms. The number of hydrogen-bond acceptors (Lipinski definition) is 4. The number of unbranched alkanes of at least 4 members (excludes halogenated alkanes) is 1. The van der Waals surface area contributed by atoms with Gasteiger partial charge in [-0.15, -0.1) is 0 Å². The highest BCUT2D eigenvalue weighted by Crippen LogP contribution is 2.44. The van der Waals surface area contributed by atoms with Gasteiger partial charge in [-0.05, 0) is 88.4 Å². The zero-order valence-corrected chi connectivity index (χ0v) is 22.8. The molecule has 0 bridgehead atoms. The SMILES string of the molecule is CCCCC(CC)OC1CCC[C@@H](CC2=C(C)[C@@H](C)CC(C3C[C@@H](O)C[C@H](CO)O3)C2)[C@H](C)C1. The van der Waals surface area contributed by atoms with Crippen molar-refractivity contribution in [1.29, 1.82) is 0 Å². The van der Waals surface area contributed by atoms with E-state index in [1.165, 1.54) is 51.4 Å². The van der Waals surface area contributed by atoms with E-state index in [4.69, 9.17) is 9.47 Å². The summed E-state index contributed by atoms with van der Waals surface area (Å²) >= 11 is 0. The molecule has 2 fully saturated rings. The van der Waals surface area contributed by atoms with Gasteiger partial charge in [-0.25, -0.2) is 0 Å². The molecule has 9 atom stereocenters. The molecule has 2 aliphatic carbocycles. The number of aliphatic hydroxyl groups is 2. The maximum absolute atomic E-state index is 10.4. The van der Waals surface area contributed by atoms with Gasteiger partial charge in [0.25, 0.3) is 0 Å². The molecule has 2 N–H and O–H groups in total. The Balaban J connectivity index is 1.60. The lowest BCUT2D eigenvalue weighted by molar-refractivity contribution is -0.133. The van der Waals surface area contributed by atoms with Crippen LogP contribution in [0.25, 0.3) is 0 Å². The van der Waals surface area contributed by atoms with Crippen molar-refractivity contribution >= 4 is 0 Å². The summed E-state index contributed by atoms with van der Waals surface area (Å²) in [4.78, 5) is 0. The average molecular weight is 479 g/mol. The molecule has 4 unspecified atom stereocenters. The van der Waals surface area contributed by atoms with E-state index < -0.39 is 0 Å². The van der Waals surface area contributed by atoms with Crippen LogP contribution in [0, 0.1) is 23.7 Å². The van der Waals surface area contributed by atoms with Crippen LogP contribution < -0.4 is 0 Å². The predicted octanol–water partition coefficient (Wildman–Crippen LogP) is 6.82. The van der Waals surface area contributed by atoms with Crippen molar-refractivity contribution in [1.82, 2.24) is 0 Å². The van der Waals surface area contributed by atoms with E-state index in [1.807, 2.05) is 0 Å². The standard InChI is InChI=1S/C30H54O4/c1-6-8-11-27(7-2)33-28-12-9-10-23(21(4)14-28)15-24-16-25(13-20(3)22(24)5)30-18-26(32)17-29(19-31)34-30/h20-21,23,25-32H,6-19H2,1-5H3/t20-,21+,23-,25?,26-,27?,28?,29+,30?/m0/s1. The van der Waals surface area contributed by atoms with Gasteiger partial charge in [-0.3, -0.25) is 0 Å². The summed E-state index contributed by atoms with van der Waals surface area (Å²) in [5.41, 5.74) is 3.25. The van der Waals surface area contributed by atoms with Crippen LogP contribution >= 0.6 is 0 Å². The second-order valence-corrected chi connectivity index (χ2v) is 12.0. The van der Waals surface area contributed by atoms with Gasteiger partial charge < -0.3 is 19.7 Å². The minimum atomic E-state index is -0.343. The molecule has 0 aromatic rings. The van der Waals surface area contributed by atoms with Crippen molar-refractivity contribution in [3.05, 3.63) is 11.1 Å². The molecule has 198 valence electrons. The topological polar surface area (TPSA) is 58.9 Å². The lowest BCUT2D eigenvalue weighted by atomic mass is 9.71. The number of hydrogen-bond donors (Lipinski definition) is 2. The number of allylic oxidation sites excluding steroid dienone is 2. The van der Waals surface area contributed by atoms with Crippen molar-refractivity contribution in [3.63, 3.8) is 0 Å². The van der Waals surface area contributed by atoms with Gasteiger partial charge >= 0.3 is 0 Å². The van der Waals surface area contributed by atoms with Crippen molar-refractivity contribution in [2.45, 2.75) is 149 Å². The highest BCUT2D eigenvalue weighted by Gasteiger charge is 2.37. The van der Waals surface area contributed by atoms with E-state index in [0.717, 1.165) is 31.6 Å². The molecular formula is C30H54O4. The highest BCUT2D eigenvalue weighted by atomic mass is 16.5. The molecule has 1 saturated heterocycles. The zero-order chi connectivity index (χ0) is 24.7. The third-order valence-electron chi connectivity index (χ3n) is 9.37. The van der Waals surface area contributed by atoms with E-state index in [-0.39, 0.29) is 24.9 Å². The van der Waals surface area contributed by atoms with Gasteiger partial charge in [-0.1, -0.05) is 58.1 Å². The lowest BCUT2D eigenvalue weighted by Crippen LogP contribution is -2.42. The fourth-order valence-electron chi connectivity index (χ4n) is 6.95. The minimum absolute atomic E-state index is 0.0116. The van der Waals surface area contributed by atoms with Crippen LogP contribution in [0.4, 0.5) is 0 Å². The Morgan fingerprint density at radius 2 is 1.88 bits per heavy atom. The van der Waals surface area contributed by atoms with Gasteiger partial charge in [0, 0.05) is 6.42 Å². The molecular weight excluding hydrogens is 424 g/mol. The van der Waals surface area contributed by atoms with Gasteiger partial charge in [0.15, 0.2) is 0 Å². The Morgan fingerprint density at radius 1 is 1.09 bits per heavy atom. The second-order valence-electron chi connectivity index (χ2n) is 12.0. The van der Waals surface area contributed by atoms with E-state index in [2.05, 4.69) is 34.6 Å². The molecule has 4 heteroatoms. The molecule has 3 aliphatic rings. The van der Waals surface area contributed by atoms with E-state index >= 15 is 0 Å². The third-order valence-corrected chi connectivity index (χ3v) is 9.37. The summed E-state index contributed by atoms with van der Waals surface area (Å²) in [6.07, 6.45) is 15.0. The van der Waals surface area contributed by atoms with Crippen molar-refractivity contribution in [2.24, 2.45) is 23.7 Å². The van der Waals surface area contributed by atoms with Crippen LogP contribution in [0.1, 0.15) is 118 Å². The van der Waals surface area contributed by atoms with Gasteiger partial charge in [0.2, 0.25) is 0 Å². The maximum atomic E-state index is 10.4. The first-order valence-electron chi connectivity index (χ1n) is 14.6. The number of ether oxygens (including phenoxy) is 2. The van der Waals surface area contributed by atoms with Crippen LogP contribution in [0.3, 0.4) is 0 Å². The summed E-state index contributed by atoms with van der Waals surface area (Å²) < 4.78 is 12.9. The Bertz CT molecular complexity index is 631. The summed E-state index contributed by atoms with van der Waals surface area (Å²) in [5.74, 6) is 2.46. The third kappa shape index (κ3) is 7.79. The molecule has 1 aliphatic heterocycles. The minimum Gasteiger partial charge on any atom is -0.394 e. The second kappa shape index (κ2) is 13.8. The van der Waals surface area contributed by atoms with E-state index in [1.54, 1.807) is 11.1 Å². The molecule has 1 saturated carbocycles. The Labute approximate surface area is 209 Å². The lowest BCUT2D eigenvalue weighted by Gasteiger charge is -2.41. The normalized spacial score (nSPS) is 38.6. The molecule has 1 heterocycles. The van der Waals surface area contributed by atoms with E-state index in [0.29, 0.717) is 36.4 Å². The van der Waals surface area contributed by atoms with Crippen LogP contribution in [0.2, 0.25) is 0 Å². The van der Waals surface area contributed by atoms with Crippen molar-refractivity contribution in [2.75, 3.05) is 6.61 Å². The average Bonchev–Trinajstić information content (AvgIpc) is 2.99. The number of rotatable bonds is 10. The quantitative estimate of drug-likeness (QED) is 0.267. The summed E-state index contributed by atoms with van der Waals surface area (Å²) in [7, 11) is 0. The summed E-state index contributed by atoms with van der Waals surface area (Å²) in [6.45, 7) is 11.7. The molecule has 0 radical (unpaired) electrons. The number of aliphatic hydroxyl groups excluding tert-OH is 2. The molecule has 0 amide bonds. The Hall–Kier alpha value is -0.420. The van der Waals surface area contributed by atoms with Crippen LogP contribution in [-0.4, -0.2) is 47.3 Å². The summed E-state index contributed by atoms with van der Waals surface area (Å²) in [6, 6.07) is 0. The van der Waals surface area contributed by atoms with Gasteiger partial charge in [-0.2, -0.15) is 0 Å². The zero-order valence-electron chi connectivity index (χ0n) is 22.8. The maximum Gasteiger partial charge on any atom is 0.0834 e. The first kappa shape index (κ1) is 28.2. The fourth-order valence-corrected chi connectivity index (χ4v) is 6.95. The molecule has 3 rings (SSSR count). The smallest absolute Gasteiger partial charge is 0.0834 e. The monoisotopic (exact) mass is 478 g/mol. The van der Waals surface area contributed by atoms with Gasteiger partial charge in [0.05, 0.1) is 37.1 Å². The van der Waals surface area contributed by atoms with E-state index in [9.17, 15) is 10.2 Å². The van der Waals surface area contributed by atoms with Crippen LogP contribution in [0.15, 0.2) is 11.1 Å². The van der Waals surface area contributed by atoms with Crippen LogP contribution in [0.5, 0.6) is 0 Å². The molecule has 0 spiro atoms. The van der Waals surface area contributed by atoms with Gasteiger partial charge in [0.1, 0.15) is 0 Å². The van der Waals surface area contributed by atoms with Crippen LogP contribution in [-0.2, 0) is 9.47 Å². The molecule has 0 aromatic heterocycles. The first-order chi connectivity index (χ1) is 16.3. The van der Waals surface area contributed by atoms with Crippen molar-refractivity contribution < 1.29 is 19.7 Å². The highest BCUT2D eigenvalue weighted by molar-refractivity contribution is 5.20. The Kier molecular flexibility index (Phi) is 11.4. The largest absolute Gasteiger partial charge is 0.394 e. The Morgan fingerprint density at radius 3 is 2.59 bits per heavy atom. The summed E-state index contributed by atoms with van der Waals surface area (Å²) in [5, 5.41) is 20.0. The van der Waals surface area contributed by atoms with Crippen molar-refractivity contribution in [3.8, 4) is 0 Å². The predicted molar refractivity (Wildman–Crippen MR) is 140 cm³/mol.